The van der Waals surface area contributed by atoms with E-state index in [4.69, 9.17) is 4.74 Å². The molecular weight excluding hydrogens is 482 g/mol. The van der Waals surface area contributed by atoms with Crippen LogP contribution in [0.3, 0.4) is 0 Å². The van der Waals surface area contributed by atoms with Crippen LogP contribution in [0, 0.1) is 0 Å². The number of ether oxygens (including phenoxy) is 1. The first kappa shape index (κ1) is 27.1. The number of aromatic nitrogens is 1. The molecule has 0 bridgehead atoms. The highest BCUT2D eigenvalue weighted by molar-refractivity contribution is 9.10. The first-order valence-corrected chi connectivity index (χ1v) is 12.7. The number of carbonyl (C=O) groups excluding carboxylic acids is 2. The molecule has 2 amide bonds. The maximum atomic E-state index is 13.3. The Morgan fingerprint density at radius 2 is 1.70 bits per heavy atom. The Hall–Kier alpha value is -2.12. The summed E-state index contributed by atoms with van der Waals surface area (Å²) in [6.45, 7) is 7.33. The van der Waals surface area contributed by atoms with Crippen molar-refractivity contribution in [1.29, 1.82) is 0 Å². The van der Waals surface area contributed by atoms with Crippen LogP contribution in [0.5, 0.6) is 0 Å². The van der Waals surface area contributed by atoms with Gasteiger partial charge in [-0.05, 0) is 49.1 Å². The summed E-state index contributed by atoms with van der Waals surface area (Å²) < 4.78 is 8.38. The third-order valence-corrected chi connectivity index (χ3v) is 6.12. The van der Waals surface area contributed by atoms with E-state index in [1.165, 1.54) is 5.56 Å². The predicted molar refractivity (Wildman–Crippen MR) is 136 cm³/mol. The normalized spacial score (nSPS) is 10.9. The fourth-order valence-corrected chi connectivity index (χ4v) is 3.96. The van der Waals surface area contributed by atoms with Crippen molar-refractivity contribution < 1.29 is 14.3 Å². The fourth-order valence-electron chi connectivity index (χ4n) is 3.70. The van der Waals surface area contributed by atoms with Crippen molar-refractivity contribution >= 4 is 27.7 Å². The number of methoxy groups -OCH3 is 1. The number of halogens is 1. The van der Waals surface area contributed by atoms with Gasteiger partial charge in [0.25, 0.3) is 0 Å². The molecule has 33 heavy (non-hydrogen) atoms. The van der Waals surface area contributed by atoms with Crippen molar-refractivity contribution in [2.24, 2.45) is 0 Å². The number of unbranched alkanes of at least 4 members (excludes halogenated alkanes) is 1. The lowest BCUT2D eigenvalue weighted by Gasteiger charge is -2.28. The minimum atomic E-state index is 0.00158. The molecular formula is C26H38BrN3O3. The molecule has 1 aromatic carbocycles. The van der Waals surface area contributed by atoms with Crippen LogP contribution in [0.15, 0.2) is 47.1 Å². The molecule has 0 atom stereocenters. The van der Waals surface area contributed by atoms with Gasteiger partial charge in [-0.15, -0.1) is 0 Å². The molecule has 1 heterocycles. The highest BCUT2D eigenvalue weighted by atomic mass is 79.9. The van der Waals surface area contributed by atoms with Gasteiger partial charge in [-0.3, -0.25) is 9.59 Å². The maximum absolute atomic E-state index is 13.3. The van der Waals surface area contributed by atoms with E-state index in [-0.39, 0.29) is 18.4 Å². The number of nitrogens with zero attached hydrogens (tertiary/aromatic N) is 3. The molecule has 0 fully saturated rings. The van der Waals surface area contributed by atoms with Gasteiger partial charge in [0.1, 0.15) is 0 Å². The van der Waals surface area contributed by atoms with Crippen molar-refractivity contribution in [3.8, 4) is 0 Å². The van der Waals surface area contributed by atoms with Crippen molar-refractivity contribution in [2.75, 3.05) is 33.4 Å². The van der Waals surface area contributed by atoms with Gasteiger partial charge in [0.05, 0.1) is 13.1 Å². The second kappa shape index (κ2) is 14.9. The third-order valence-electron chi connectivity index (χ3n) is 5.60. The van der Waals surface area contributed by atoms with Gasteiger partial charge in [0.15, 0.2) is 0 Å². The van der Waals surface area contributed by atoms with Crippen LogP contribution in [0.2, 0.25) is 0 Å². The van der Waals surface area contributed by atoms with Crippen molar-refractivity contribution in [1.82, 2.24) is 14.4 Å². The Morgan fingerprint density at radius 1 is 0.970 bits per heavy atom. The highest BCUT2D eigenvalue weighted by Crippen LogP contribution is 2.15. The van der Waals surface area contributed by atoms with Crippen LogP contribution in [-0.4, -0.2) is 59.5 Å². The van der Waals surface area contributed by atoms with E-state index in [1.54, 1.807) is 12.0 Å². The SMILES string of the molecule is CCCCN(Cc1cccn1Cc1ccc(Br)cc1)C(=O)CN(CCCOC)C(=O)CCC. The standard InChI is InChI=1S/C26H38BrN3O3/c1-4-6-15-29(26(32)21-30(17-8-18-33-3)25(31)9-5-2)20-24-10-7-16-28(24)19-22-11-13-23(27)14-12-22/h7,10-14,16H,4-6,8-9,15,17-21H2,1-3H3. The van der Waals surface area contributed by atoms with Crippen LogP contribution >= 0.6 is 15.9 Å². The first-order chi connectivity index (χ1) is 16.0. The minimum absolute atomic E-state index is 0.00158. The van der Waals surface area contributed by atoms with Gasteiger partial charge in [-0.1, -0.05) is 48.3 Å². The Balaban J connectivity index is 2.11. The van der Waals surface area contributed by atoms with Gasteiger partial charge < -0.3 is 19.1 Å². The number of hydrogen-bond acceptors (Lipinski definition) is 3. The lowest BCUT2D eigenvalue weighted by Crippen LogP contribution is -2.43. The second-order valence-electron chi connectivity index (χ2n) is 8.33. The molecule has 6 nitrogen and oxygen atoms in total. The topological polar surface area (TPSA) is 54.8 Å². The van der Waals surface area contributed by atoms with Crippen molar-refractivity contribution in [3.05, 3.63) is 58.3 Å². The van der Waals surface area contributed by atoms with E-state index in [2.05, 4.69) is 51.8 Å². The molecule has 0 aliphatic heterocycles. The second-order valence-corrected chi connectivity index (χ2v) is 9.25. The van der Waals surface area contributed by atoms with E-state index in [1.807, 2.05) is 30.0 Å². The molecule has 0 N–H and O–H groups in total. The zero-order valence-electron chi connectivity index (χ0n) is 20.3. The summed E-state index contributed by atoms with van der Waals surface area (Å²) in [5.41, 5.74) is 2.30. The quantitative estimate of drug-likeness (QED) is 0.308. The van der Waals surface area contributed by atoms with E-state index in [0.29, 0.717) is 32.7 Å². The molecule has 2 rings (SSSR count). The molecule has 0 unspecified atom stereocenters. The van der Waals surface area contributed by atoms with Gasteiger partial charge in [-0.25, -0.2) is 0 Å². The van der Waals surface area contributed by atoms with Crippen LogP contribution in [0.1, 0.15) is 57.2 Å². The van der Waals surface area contributed by atoms with Crippen LogP contribution in [-0.2, 0) is 27.4 Å². The van der Waals surface area contributed by atoms with Gasteiger partial charge in [0, 0.05) is 56.1 Å². The summed E-state index contributed by atoms with van der Waals surface area (Å²) in [6.07, 6.45) is 5.97. The molecule has 0 saturated heterocycles. The fraction of sp³-hybridized carbons (Fsp3) is 0.538. The van der Waals surface area contributed by atoms with E-state index in [0.717, 1.165) is 42.4 Å². The zero-order chi connectivity index (χ0) is 24.1. The van der Waals surface area contributed by atoms with Crippen LogP contribution < -0.4 is 0 Å². The lowest BCUT2D eigenvalue weighted by atomic mass is 10.2. The van der Waals surface area contributed by atoms with Gasteiger partial charge >= 0.3 is 0 Å². The number of rotatable bonds is 15. The molecule has 0 aliphatic rings. The number of benzene rings is 1. The highest BCUT2D eigenvalue weighted by Gasteiger charge is 2.21. The monoisotopic (exact) mass is 519 g/mol. The van der Waals surface area contributed by atoms with Crippen LogP contribution in [0.25, 0.3) is 0 Å². The van der Waals surface area contributed by atoms with Crippen molar-refractivity contribution in [3.63, 3.8) is 0 Å². The molecule has 0 spiro atoms. The Kier molecular flexibility index (Phi) is 12.3. The largest absolute Gasteiger partial charge is 0.385 e. The smallest absolute Gasteiger partial charge is 0.242 e. The lowest BCUT2D eigenvalue weighted by molar-refractivity contribution is -0.141. The molecule has 7 heteroatoms. The number of carbonyl (C=O) groups is 2. The van der Waals surface area contributed by atoms with E-state index < -0.39 is 0 Å². The molecule has 2 aromatic rings. The number of amides is 2. The summed E-state index contributed by atoms with van der Waals surface area (Å²) in [4.78, 5) is 29.5. The summed E-state index contributed by atoms with van der Waals surface area (Å²) in [5.74, 6) is 0.0396. The van der Waals surface area contributed by atoms with Crippen LogP contribution in [0.4, 0.5) is 0 Å². The molecule has 0 aliphatic carbocycles. The Morgan fingerprint density at radius 3 is 2.36 bits per heavy atom. The summed E-state index contributed by atoms with van der Waals surface area (Å²) >= 11 is 3.48. The molecule has 0 radical (unpaired) electrons. The molecule has 182 valence electrons. The predicted octanol–water partition coefficient (Wildman–Crippen LogP) is 5.09. The van der Waals surface area contributed by atoms with E-state index >= 15 is 0 Å². The van der Waals surface area contributed by atoms with Gasteiger partial charge in [-0.2, -0.15) is 0 Å². The Labute approximate surface area is 207 Å². The van der Waals surface area contributed by atoms with Crippen molar-refractivity contribution in [2.45, 2.75) is 59.0 Å². The van der Waals surface area contributed by atoms with Gasteiger partial charge in [0.2, 0.25) is 11.8 Å². The average Bonchev–Trinajstić information content (AvgIpc) is 3.24. The molecule has 0 saturated carbocycles. The first-order valence-electron chi connectivity index (χ1n) is 11.9. The minimum Gasteiger partial charge on any atom is -0.385 e. The zero-order valence-corrected chi connectivity index (χ0v) is 21.8. The Bertz CT molecular complexity index is 851. The van der Waals surface area contributed by atoms with E-state index in [9.17, 15) is 9.59 Å². The summed E-state index contributed by atoms with van der Waals surface area (Å²) in [7, 11) is 1.65. The summed E-state index contributed by atoms with van der Waals surface area (Å²) in [5, 5.41) is 0. The maximum Gasteiger partial charge on any atom is 0.242 e. The third kappa shape index (κ3) is 9.33. The molecule has 1 aromatic heterocycles. The summed E-state index contributed by atoms with van der Waals surface area (Å²) in [6, 6.07) is 12.4. The average molecular weight is 521 g/mol. The number of hydrogen-bond donors (Lipinski definition) is 0.